The Morgan fingerprint density at radius 1 is 1.50 bits per heavy atom. The van der Waals surface area contributed by atoms with Gasteiger partial charge in [-0.2, -0.15) is 5.10 Å². The van der Waals surface area contributed by atoms with Crippen LogP contribution < -0.4 is 10.6 Å². The Labute approximate surface area is 146 Å². The van der Waals surface area contributed by atoms with Crippen molar-refractivity contribution in [1.82, 2.24) is 24.6 Å². The quantitative estimate of drug-likeness (QED) is 0.596. The first-order valence-electron chi connectivity index (χ1n) is 8.25. The lowest BCUT2D eigenvalue weighted by Crippen LogP contribution is -2.31. The summed E-state index contributed by atoms with van der Waals surface area (Å²) in [6, 6.07) is 2.05. The fraction of sp³-hybridized carbons (Fsp3) is 0.562. The number of aromatic nitrogens is 4. The van der Waals surface area contributed by atoms with Gasteiger partial charge in [-0.15, -0.1) is 0 Å². The Hall–Kier alpha value is -1.96. The number of carbonyl (C=O) groups is 1. The van der Waals surface area contributed by atoms with E-state index in [-0.39, 0.29) is 6.03 Å². The zero-order chi connectivity index (χ0) is 17.1. The number of amides is 2. The van der Waals surface area contributed by atoms with Crippen LogP contribution in [-0.4, -0.2) is 37.7 Å². The molecule has 2 N–H and O–H groups in total. The first-order valence-corrected chi connectivity index (χ1v) is 9.24. The second-order valence-corrected chi connectivity index (χ2v) is 7.31. The lowest BCUT2D eigenvalue weighted by molar-refractivity contribution is 0.252. The van der Waals surface area contributed by atoms with Crippen molar-refractivity contribution in [3.05, 3.63) is 24.2 Å². The summed E-state index contributed by atoms with van der Waals surface area (Å²) in [7, 11) is 1.96. The molecule has 2 aromatic rings. The van der Waals surface area contributed by atoms with Crippen LogP contribution in [0.2, 0.25) is 0 Å². The van der Waals surface area contributed by atoms with E-state index in [1.165, 1.54) is 12.8 Å². The van der Waals surface area contributed by atoms with Crippen molar-refractivity contribution in [2.75, 3.05) is 17.6 Å². The van der Waals surface area contributed by atoms with E-state index in [9.17, 15) is 4.79 Å². The van der Waals surface area contributed by atoms with Crippen LogP contribution in [0.3, 0.4) is 0 Å². The van der Waals surface area contributed by atoms with Crippen LogP contribution in [-0.2, 0) is 7.05 Å². The van der Waals surface area contributed by atoms with Crippen molar-refractivity contribution in [2.24, 2.45) is 13.0 Å². The van der Waals surface area contributed by atoms with Crippen molar-refractivity contribution in [1.29, 1.82) is 0 Å². The molecule has 8 heteroatoms. The predicted molar refractivity (Wildman–Crippen MR) is 95.4 cm³/mol. The average Bonchev–Trinajstić information content (AvgIpc) is 3.22. The van der Waals surface area contributed by atoms with Crippen LogP contribution in [0, 0.1) is 12.8 Å². The molecule has 130 valence electrons. The Kier molecular flexibility index (Phi) is 5.13. The van der Waals surface area contributed by atoms with Gasteiger partial charge in [0.05, 0.1) is 11.7 Å². The zero-order valence-electron chi connectivity index (χ0n) is 14.3. The molecule has 2 heterocycles. The molecule has 3 rings (SSSR count). The summed E-state index contributed by atoms with van der Waals surface area (Å²) in [4.78, 5) is 16.4. The summed E-state index contributed by atoms with van der Waals surface area (Å²) in [6.07, 6.45) is 6.17. The number of rotatable bonds is 7. The summed E-state index contributed by atoms with van der Waals surface area (Å²) < 4.78 is 3.90. The van der Waals surface area contributed by atoms with Crippen molar-refractivity contribution < 1.29 is 4.79 Å². The van der Waals surface area contributed by atoms with E-state index < -0.39 is 0 Å². The topological polar surface area (TPSA) is 76.8 Å². The normalized spacial score (nSPS) is 15.3. The number of urea groups is 1. The summed E-state index contributed by atoms with van der Waals surface area (Å²) in [5.74, 6) is 2.22. The van der Waals surface area contributed by atoms with Gasteiger partial charge in [0, 0.05) is 37.8 Å². The molecule has 0 radical (unpaired) electrons. The third-order valence-electron chi connectivity index (χ3n) is 4.19. The molecule has 1 saturated carbocycles. The van der Waals surface area contributed by atoms with E-state index in [4.69, 9.17) is 0 Å². The summed E-state index contributed by atoms with van der Waals surface area (Å²) in [6.45, 7) is 4.69. The number of hydrogen-bond donors (Lipinski definition) is 2. The number of carbonyl (C=O) groups excluding carboxylic acids is 1. The van der Waals surface area contributed by atoms with E-state index in [0.29, 0.717) is 18.5 Å². The van der Waals surface area contributed by atoms with Gasteiger partial charge in [0.1, 0.15) is 5.82 Å². The number of aryl methyl sites for hydroxylation is 2. The molecule has 0 bridgehead atoms. The maximum atomic E-state index is 12.1. The smallest absolute Gasteiger partial charge is 0.320 e. The monoisotopic (exact) mass is 348 g/mol. The van der Waals surface area contributed by atoms with Crippen LogP contribution in [0.4, 0.5) is 10.6 Å². The molecule has 0 aromatic carbocycles. The summed E-state index contributed by atoms with van der Waals surface area (Å²) >= 11 is 1.62. The van der Waals surface area contributed by atoms with E-state index in [0.717, 1.165) is 22.4 Å². The van der Waals surface area contributed by atoms with Gasteiger partial charge in [0.25, 0.3) is 0 Å². The molecule has 2 amide bonds. The second kappa shape index (κ2) is 7.29. The van der Waals surface area contributed by atoms with Gasteiger partial charge in [-0.05, 0) is 32.6 Å². The molecule has 1 atom stereocenters. The van der Waals surface area contributed by atoms with Gasteiger partial charge < -0.3 is 9.88 Å². The fourth-order valence-electron chi connectivity index (χ4n) is 2.66. The molecule has 0 spiro atoms. The first-order chi connectivity index (χ1) is 11.5. The third kappa shape index (κ3) is 4.11. The standard InChI is InChI=1S/C16H24N6OS/c1-11-10-14(22(20-11)12(2)13-4-5-13)19-15(23)17-7-9-24-16-18-6-8-21(16)3/h6,8,10,12-13H,4-5,7,9H2,1-3H3,(H2,17,19,23)/t12-/m1/s1. The highest BCUT2D eigenvalue weighted by Gasteiger charge is 2.31. The molecule has 0 saturated heterocycles. The minimum absolute atomic E-state index is 0.195. The Morgan fingerprint density at radius 3 is 2.96 bits per heavy atom. The molecular formula is C16H24N6OS. The summed E-state index contributed by atoms with van der Waals surface area (Å²) in [5, 5.41) is 11.3. The molecule has 1 aliphatic carbocycles. The van der Waals surface area contributed by atoms with Gasteiger partial charge in [-0.25, -0.2) is 14.5 Å². The lowest BCUT2D eigenvalue weighted by atomic mass is 10.2. The largest absolute Gasteiger partial charge is 0.337 e. The molecule has 24 heavy (non-hydrogen) atoms. The van der Waals surface area contributed by atoms with Gasteiger partial charge in [0.2, 0.25) is 0 Å². The molecule has 7 nitrogen and oxygen atoms in total. The number of thioether (sulfide) groups is 1. The number of hydrogen-bond acceptors (Lipinski definition) is 4. The average molecular weight is 348 g/mol. The SMILES string of the molecule is Cc1cc(NC(=O)NCCSc2nccn2C)n([C@H](C)C2CC2)n1. The molecule has 1 aliphatic rings. The van der Waals surface area contributed by atoms with E-state index in [1.54, 1.807) is 18.0 Å². The van der Waals surface area contributed by atoms with Crippen LogP contribution in [0.5, 0.6) is 0 Å². The third-order valence-corrected chi connectivity index (χ3v) is 5.25. The zero-order valence-corrected chi connectivity index (χ0v) is 15.1. The van der Waals surface area contributed by atoms with Crippen molar-refractivity contribution >= 4 is 23.6 Å². The highest BCUT2D eigenvalue weighted by Crippen LogP contribution is 2.40. The highest BCUT2D eigenvalue weighted by atomic mass is 32.2. The predicted octanol–water partition coefficient (Wildman–Crippen LogP) is 2.81. The van der Waals surface area contributed by atoms with E-state index >= 15 is 0 Å². The lowest BCUT2D eigenvalue weighted by Gasteiger charge is -2.15. The minimum Gasteiger partial charge on any atom is -0.337 e. The van der Waals surface area contributed by atoms with Crippen molar-refractivity contribution in [3.8, 4) is 0 Å². The van der Waals surface area contributed by atoms with Crippen LogP contribution in [0.1, 0.15) is 31.5 Å². The summed E-state index contributed by atoms with van der Waals surface area (Å²) in [5.41, 5.74) is 0.920. The Bertz CT molecular complexity index is 705. The van der Waals surface area contributed by atoms with Gasteiger partial charge in [0.15, 0.2) is 5.16 Å². The molecule has 0 aliphatic heterocycles. The molecule has 2 aromatic heterocycles. The second-order valence-electron chi connectivity index (χ2n) is 6.24. The number of nitrogens with zero attached hydrogens (tertiary/aromatic N) is 4. The Balaban J connectivity index is 1.47. The fourth-order valence-corrected chi connectivity index (χ4v) is 3.44. The van der Waals surface area contributed by atoms with Crippen molar-refractivity contribution in [2.45, 2.75) is 37.9 Å². The highest BCUT2D eigenvalue weighted by molar-refractivity contribution is 7.99. The van der Waals surface area contributed by atoms with Gasteiger partial charge >= 0.3 is 6.03 Å². The molecule has 0 unspecified atom stereocenters. The van der Waals surface area contributed by atoms with E-state index in [2.05, 4.69) is 27.6 Å². The maximum Gasteiger partial charge on any atom is 0.320 e. The number of imidazole rings is 1. The number of anilines is 1. The van der Waals surface area contributed by atoms with Crippen molar-refractivity contribution in [3.63, 3.8) is 0 Å². The van der Waals surface area contributed by atoms with Gasteiger partial charge in [-0.1, -0.05) is 11.8 Å². The van der Waals surface area contributed by atoms with E-state index in [1.807, 2.05) is 35.5 Å². The molecular weight excluding hydrogens is 324 g/mol. The maximum absolute atomic E-state index is 12.1. The Morgan fingerprint density at radius 2 is 2.29 bits per heavy atom. The molecule has 1 fully saturated rings. The van der Waals surface area contributed by atoms with Gasteiger partial charge in [-0.3, -0.25) is 5.32 Å². The first kappa shape index (κ1) is 16.9. The number of nitrogens with one attached hydrogen (secondary N) is 2. The van der Waals surface area contributed by atoms with Crippen LogP contribution in [0.15, 0.2) is 23.6 Å². The van der Waals surface area contributed by atoms with Crippen LogP contribution >= 0.6 is 11.8 Å². The minimum atomic E-state index is -0.195. The van der Waals surface area contributed by atoms with Crippen LogP contribution in [0.25, 0.3) is 0 Å².